The van der Waals surface area contributed by atoms with Crippen molar-refractivity contribution in [3.8, 4) is 0 Å². The number of rotatable bonds is 3. The average molecular weight is 372 g/mol. The second kappa shape index (κ2) is 6.92. The molecule has 0 saturated carbocycles. The van der Waals surface area contributed by atoms with E-state index in [9.17, 15) is 9.59 Å². The lowest BCUT2D eigenvalue weighted by molar-refractivity contribution is -0.116. The lowest BCUT2D eigenvalue weighted by Gasteiger charge is -2.08. The molecule has 3 aromatic rings. The minimum atomic E-state index is -0.309. The normalized spacial score (nSPS) is 14.0. The van der Waals surface area contributed by atoms with Crippen LogP contribution in [0.2, 0.25) is 5.02 Å². The summed E-state index contributed by atoms with van der Waals surface area (Å²) in [5.41, 5.74) is 1.28. The molecule has 1 aliphatic rings. The lowest BCUT2D eigenvalue weighted by atomic mass is 10.2. The van der Waals surface area contributed by atoms with Crippen LogP contribution in [0.3, 0.4) is 0 Å². The Morgan fingerprint density at radius 3 is 2.81 bits per heavy atom. The number of carbonyl (C=O) groups is 1. The van der Waals surface area contributed by atoms with Crippen LogP contribution < -0.4 is 10.9 Å². The van der Waals surface area contributed by atoms with Gasteiger partial charge < -0.3 is 9.88 Å². The van der Waals surface area contributed by atoms with Gasteiger partial charge in [-0.1, -0.05) is 18.0 Å². The second-order valence-corrected chi connectivity index (χ2v) is 6.83. The molecule has 1 aromatic carbocycles. The number of benzene rings is 1. The van der Waals surface area contributed by atoms with Gasteiger partial charge in [-0.25, -0.2) is 9.97 Å². The maximum Gasteiger partial charge on any atom is 0.282 e. The van der Waals surface area contributed by atoms with Crippen molar-refractivity contribution in [2.24, 2.45) is 0 Å². The van der Waals surface area contributed by atoms with E-state index in [4.69, 9.17) is 11.6 Å². The number of hydrogen-bond donors (Lipinski definition) is 1. The Labute approximate surface area is 154 Å². The zero-order chi connectivity index (χ0) is 18.1. The van der Waals surface area contributed by atoms with Gasteiger partial charge >= 0.3 is 0 Å². The van der Waals surface area contributed by atoms with Crippen molar-refractivity contribution in [2.75, 3.05) is 5.32 Å². The molecule has 8 heteroatoms. The van der Waals surface area contributed by atoms with E-state index in [-0.39, 0.29) is 18.0 Å². The largest absolute Gasteiger partial charge is 0.325 e. The Bertz CT molecular complexity index is 1020. The molecule has 4 rings (SSSR count). The van der Waals surface area contributed by atoms with Crippen LogP contribution in [0.1, 0.15) is 25.1 Å². The molecule has 2 aromatic heterocycles. The van der Waals surface area contributed by atoms with Crippen molar-refractivity contribution >= 4 is 34.4 Å². The molecule has 7 nitrogen and oxygen atoms in total. The van der Waals surface area contributed by atoms with Gasteiger partial charge in [-0.05, 0) is 37.1 Å². The van der Waals surface area contributed by atoms with E-state index in [1.54, 1.807) is 24.3 Å². The zero-order valence-electron chi connectivity index (χ0n) is 14.1. The summed E-state index contributed by atoms with van der Waals surface area (Å²) in [5, 5.41) is 3.33. The molecular formula is C18H18ClN5O2. The van der Waals surface area contributed by atoms with Crippen molar-refractivity contribution in [2.45, 2.75) is 38.8 Å². The van der Waals surface area contributed by atoms with Crippen molar-refractivity contribution in [1.29, 1.82) is 0 Å². The van der Waals surface area contributed by atoms with Crippen LogP contribution in [0.25, 0.3) is 11.2 Å². The molecule has 0 aliphatic carbocycles. The molecule has 0 fully saturated rings. The van der Waals surface area contributed by atoms with Crippen molar-refractivity contribution in [1.82, 2.24) is 19.1 Å². The first-order chi connectivity index (χ1) is 12.6. The maximum absolute atomic E-state index is 12.7. The number of halogens is 1. The molecule has 0 radical (unpaired) electrons. The van der Waals surface area contributed by atoms with Crippen LogP contribution >= 0.6 is 11.6 Å². The number of aryl methyl sites for hydroxylation is 2. The van der Waals surface area contributed by atoms with Gasteiger partial charge in [-0.3, -0.25) is 14.2 Å². The van der Waals surface area contributed by atoms with E-state index >= 15 is 0 Å². The average Bonchev–Trinajstić information content (AvgIpc) is 2.82. The minimum absolute atomic E-state index is 0.118. The van der Waals surface area contributed by atoms with Crippen molar-refractivity contribution in [3.63, 3.8) is 0 Å². The van der Waals surface area contributed by atoms with Gasteiger partial charge in [0.25, 0.3) is 5.56 Å². The summed E-state index contributed by atoms with van der Waals surface area (Å²) in [5.74, 6) is 0.599. The molecule has 0 saturated heterocycles. The fourth-order valence-electron chi connectivity index (χ4n) is 3.23. The molecular weight excluding hydrogens is 354 g/mol. The van der Waals surface area contributed by atoms with Gasteiger partial charge in [-0.2, -0.15) is 0 Å². The summed E-state index contributed by atoms with van der Waals surface area (Å²) >= 11 is 5.83. The predicted octanol–water partition coefficient (Wildman–Crippen LogP) is 2.61. The van der Waals surface area contributed by atoms with E-state index in [0.29, 0.717) is 21.9 Å². The molecule has 134 valence electrons. The highest BCUT2D eigenvalue weighted by Gasteiger charge is 2.18. The molecule has 0 bridgehead atoms. The molecule has 1 amide bonds. The molecule has 0 unspecified atom stereocenters. The Morgan fingerprint density at radius 1 is 1.19 bits per heavy atom. The number of carbonyl (C=O) groups excluding carboxylic acids is 1. The first-order valence-corrected chi connectivity index (χ1v) is 8.99. The smallest absolute Gasteiger partial charge is 0.282 e. The Morgan fingerprint density at radius 2 is 2.00 bits per heavy atom. The number of imidazole rings is 1. The number of hydrogen-bond acceptors (Lipinski definition) is 4. The molecule has 3 heterocycles. The molecule has 0 atom stereocenters. The van der Waals surface area contributed by atoms with E-state index < -0.39 is 0 Å². The predicted molar refractivity (Wildman–Crippen MR) is 99.4 cm³/mol. The molecule has 26 heavy (non-hydrogen) atoms. The Kier molecular flexibility index (Phi) is 4.46. The number of fused-ring (bicyclic) bond motifs is 3. The number of nitrogens with one attached hydrogen (secondary N) is 1. The van der Waals surface area contributed by atoms with Gasteiger partial charge in [0.15, 0.2) is 11.2 Å². The van der Waals surface area contributed by atoms with Crippen molar-refractivity contribution < 1.29 is 4.79 Å². The monoisotopic (exact) mass is 371 g/mol. The summed E-state index contributed by atoms with van der Waals surface area (Å²) in [6.45, 7) is 0.714. The first kappa shape index (κ1) is 16.8. The fourth-order valence-corrected chi connectivity index (χ4v) is 3.36. The third kappa shape index (κ3) is 3.22. The van der Waals surface area contributed by atoms with Gasteiger partial charge in [0.1, 0.15) is 18.7 Å². The molecule has 1 N–H and O–H groups in total. The van der Waals surface area contributed by atoms with Gasteiger partial charge in [0.2, 0.25) is 5.91 Å². The van der Waals surface area contributed by atoms with E-state index in [0.717, 1.165) is 38.1 Å². The topological polar surface area (TPSA) is 81.8 Å². The molecule has 0 spiro atoms. The van der Waals surface area contributed by atoms with Crippen LogP contribution in [0.15, 0.2) is 35.4 Å². The SMILES string of the molecule is O=C(Cn1cnc2c(nc3n2CCCCC3)c1=O)Nc1ccc(Cl)cc1. The van der Waals surface area contributed by atoms with E-state index in [1.807, 2.05) is 4.57 Å². The van der Waals surface area contributed by atoms with E-state index in [2.05, 4.69) is 15.3 Å². The van der Waals surface area contributed by atoms with Crippen LogP contribution in [-0.4, -0.2) is 25.0 Å². The summed E-state index contributed by atoms with van der Waals surface area (Å²) in [7, 11) is 0. The maximum atomic E-state index is 12.7. The summed E-state index contributed by atoms with van der Waals surface area (Å²) in [4.78, 5) is 33.8. The Balaban J connectivity index is 1.59. The second-order valence-electron chi connectivity index (χ2n) is 6.40. The number of amides is 1. The highest BCUT2D eigenvalue weighted by atomic mass is 35.5. The van der Waals surface area contributed by atoms with Gasteiger partial charge in [0.05, 0.1) is 0 Å². The highest BCUT2D eigenvalue weighted by molar-refractivity contribution is 6.30. The van der Waals surface area contributed by atoms with E-state index in [1.165, 1.54) is 10.9 Å². The minimum Gasteiger partial charge on any atom is -0.325 e. The van der Waals surface area contributed by atoms with Crippen molar-refractivity contribution in [3.05, 3.63) is 51.8 Å². The third-order valence-corrected chi connectivity index (χ3v) is 4.78. The number of anilines is 1. The van der Waals surface area contributed by atoms with Crippen LogP contribution in [0, 0.1) is 0 Å². The van der Waals surface area contributed by atoms with Crippen LogP contribution in [-0.2, 0) is 24.3 Å². The Hall–Kier alpha value is -2.67. The summed E-state index contributed by atoms with van der Waals surface area (Å²) in [6, 6.07) is 6.79. The third-order valence-electron chi connectivity index (χ3n) is 4.53. The fraction of sp³-hybridized carbons (Fsp3) is 0.333. The van der Waals surface area contributed by atoms with Crippen LogP contribution in [0.4, 0.5) is 5.69 Å². The quantitative estimate of drug-likeness (QED) is 0.767. The standard InChI is InChI=1S/C18H18ClN5O2/c19-12-5-7-13(8-6-12)21-15(25)10-23-11-20-17-16(18(23)26)22-14-4-2-1-3-9-24(14)17/h5-8,11H,1-4,9-10H2,(H,21,25). The van der Waals surface area contributed by atoms with Gasteiger partial charge in [-0.15, -0.1) is 0 Å². The van der Waals surface area contributed by atoms with Crippen LogP contribution in [0.5, 0.6) is 0 Å². The molecule has 1 aliphatic heterocycles. The lowest BCUT2D eigenvalue weighted by Crippen LogP contribution is -2.28. The number of aromatic nitrogens is 4. The first-order valence-electron chi connectivity index (χ1n) is 8.62. The zero-order valence-corrected chi connectivity index (χ0v) is 14.9. The summed E-state index contributed by atoms with van der Waals surface area (Å²) < 4.78 is 3.32. The van der Waals surface area contributed by atoms with Gasteiger partial charge in [0, 0.05) is 23.7 Å². The summed E-state index contributed by atoms with van der Waals surface area (Å²) in [6.07, 6.45) is 5.57. The highest BCUT2D eigenvalue weighted by Crippen LogP contribution is 2.18. The number of nitrogens with zero attached hydrogens (tertiary/aromatic N) is 4.